The lowest BCUT2D eigenvalue weighted by atomic mass is 9.79. The molecule has 2 aliphatic heterocycles. The molecule has 2 saturated heterocycles. The van der Waals surface area contributed by atoms with Gasteiger partial charge in [-0.3, -0.25) is 19.5 Å². The van der Waals surface area contributed by atoms with E-state index in [1.54, 1.807) is 17.8 Å². The lowest BCUT2D eigenvalue weighted by Crippen LogP contribution is -2.42. The summed E-state index contributed by atoms with van der Waals surface area (Å²) in [5, 5.41) is 2.92. The summed E-state index contributed by atoms with van der Waals surface area (Å²) in [4.78, 5) is 44.0. The van der Waals surface area contributed by atoms with Gasteiger partial charge in [0.2, 0.25) is 0 Å². The molecule has 11 nitrogen and oxygen atoms in total. The minimum Gasteiger partial charge on any atom is -0.378 e. The number of aromatic nitrogens is 2. The summed E-state index contributed by atoms with van der Waals surface area (Å²) in [6.45, 7) is 10.2. The highest BCUT2D eigenvalue weighted by molar-refractivity contribution is 7.99. The van der Waals surface area contributed by atoms with Gasteiger partial charge in [-0.25, -0.2) is 4.98 Å². The molecule has 4 aromatic rings. The third-order valence-electron chi connectivity index (χ3n) is 9.86. The number of carbonyl (C=O) groups is 2. The zero-order chi connectivity index (χ0) is 35.4. The number of nitrogens with zero attached hydrogens (tertiary/aromatic N) is 4. The third kappa shape index (κ3) is 9.84. The second-order valence-corrected chi connectivity index (χ2v) is 14.1. The van der Waals surface area contributed by atoms with E-state index < -0.39 is 0 Å². The fraction of sp³-hybridized carbons (Fsp3) is 0.436. The van der Waals surface area contributed by atoms with E-state index in [2.05, 4.69) is 26.9 Å². The van der Waals surface area contributed by atoms with E-state index in [0.29, 0.717) is 62.5 Å². The second-order valence-electron chi connectivity index (χ2n) is 13.2. The summed E-state index contributed by atoms with van der Waals surface area (Å²) in [6.07, 6.45) is 4.42. The molecule has 4 N–H and O–H groups in total. The topological polar surface area (TPSA) is 138 Å². The maximum absolute atomic E-state index is 13.5. The second kappa shape index (κ2) is 18.4. The van der Waals surface area contributed by atoms with E-state index in [1.165, 1.54) is 0 Å². The zero-order valence-electron chi connectivity index (χ0n) is 29.2. The van der Waals surface area contributed by atoms with Crippen LogP contribution in [-0.2, 0) is 9.47 Å². The summed E-state index contributed by atoms with van der Waals surface area (Å²) in [7, 11) is 0. The number of aromatic amines is 1. The van der Waals surface area contributed by atoms with Gasteiger partial charge in [-0.2, -0.15) is 0 Å². The number of benzene rings is 3. The molecule has 0 aliphatic carbocycles. The number of H-pyrrole nitrogens is 1. The van der Waals surface area contributed by atoms with Crippen molar-refractivity contribution >= 4 is 47.0 Å². The van der Waals surface area contributed by atoms with Crippen LogP contribution in [-0.4, -0.2) is 110 Å². The largest absolute Gasteiger partial charge is 0.378 e. The van der Waals surface area contributed by atoms with Gasteiger partial charge in [-0.05, 0) is 93.7 Å². The molecule has 2 aliphatic rings. The highest BCUT2D eigenvalue weighted by atomic mass is 32.2. The highest BCUT2D eigenvalue weighted by Crippen LogP contribution is 2.35. The maximum atomic E-state index is 13.5. The number of hydrogen-bond donors (Lipinski definition) is 3. The molecule has 0 radical (unpaired) electrons. The first kappa shape index (κ1) is 36.7. The number of aliphatic imine (C=N–C) groups is 1. The van der Waals surface area contributed by atoms with E-state index in [0.717, 1.165) is 90.7 Å². The number of likely N-dealkylation sites (tertiary alicyclic amines) is 2. The number of ether oxygens (including phenoxy) is 2. The van der Waals surface area contributed by atoms with E-state index in [-0.39, 0.29) is 11.8 Å². The number of imidazole rings is 1. The average Bonchev–Trinajstić information content (AvgIpc) is 3.62. The predicted octanol–water partition coefficient (Wildman–Crippen LogP) is 5.60. The molecule has 0 saturated carbocycles. The molecule has 2 fully saturated rings. The van der Waals surface area contributed by atoms with Crippen molar-refractivity contribution < 1.29 is 19.1 Å². The van der Waals surface area contributed by atoms with Crippen molar-refractivity contribution in [1.82, 2.24) is 25.1 Å². The van der Waals surface area contributed by atoms with E-state index in [9.17, 15) is 9.59 Å². The Morgan fingerprint density at radius 2 is 1.61 bits per heavy atom. The molecule has 0 unspecified atom stereocenters. The lowest BCUT2D eigenvalue weighted by molar-refractivity contribution is 0.0511. The molecule has 51 heavy (non-hydrogen) atoms. The molecule has 0 atom stereocenters. The molecular formula is C39H49N7O4S. The molecule has 270 valence electrons. The van der Waals surface area contributed by atoms with Crippen LogP contribution in [0.15, 0.2) is 76.6 Å². The normalized spacial score (nSPS) is 16.1. The Balaban J connectivity index is 0.923. The van der Waals surface area contributed by atoms with Gasteiger partial charge in [0.15, 0.2) is 0 Å². The van der Waals surface area contributed by atoms with Crippen LogP contribution in [0.25, 0.3) is 22.4 Å². The molecule has 6 rings (SSSR count). The van der Waals surface area contributed by atoms with Gasteiger partial charge in [-0.15, -0.1) is 11.8 Å². The first-order valence-electron chi connectivity index (χ1n) is 18.0. The van der Waals surface area contributed by atoms with Crippen molar-refractivity contribution in [3.8, 4) is 11.4 Å². The lowest BCUT2D eigenvalue weighted by Gasteiger charge is -2.40. The van der Waals surface area contributed by atoms with Crippen LogP contribution in [0.3, 0.4) is 0 Å². The summed E-state index contributed by atoms with van der Waals surface area (Å²) in [5.41, 5.74) is 10.3. The molecule has 2 amide bonds. The monoisotopic (exact) mass is 711 g/mol. The van der Waals surface area contributed by atoms with Crippen molar-refractivity contribution in [2.45, 2.75) is 30.6 Å². The van der Waals surface area contributed by atoms with Gasteiger partial charge < -0.3 is 30.4 Å². The van der Waals surface area contributed by atoms with Gasteiger partial charge in [0, 0.05) is 53.6 Å². The Bertz CT molecular complexity index is 1750. The van der Waals surface area contributed by atoms with E-state index >= 15 is 0 Å². The van der Waals surface area contributed by atoms with Gasteiger partial charge in [0.05, 0.1) is 43.1 Å². The van der Waals surface area contributed by atoms with Crippen LogP contribution in [0.2, 0.25) is 0 Å². The van der Waals surface area contributed by atoms with Gasteiger partial charge >= 0.3 is 0 Å². The van der Waals surface area contributed by atoms with Crippen LogP contribution in [0.4, 0.5) is 5.69 Å². The molecule has 3 aromatic carbocycles. The Morgan fingerprint density at radius 1 is 0.902 bits per heavy atom. The van der Waals surface area contributed by atoms with Crippen LogP contribution in [0.1, 0.15) is 46.4 Å². The number of carbonyl (C=O) groups excluding carboxylic acids is 2. The van der Waals surface area contributed by atoms with Crippen LogP contribution in [0, 0.1) is 11.8 Å². The first-order chi connectivity index (χ1) is 25.0. The fourth-order valence-electron chi connectivity index (χ4n) is 6.99. The molecule has 12 heteroatoms. The first-order valence-corrected chi connectivity index (χ1v) is 18.9. The van der Waals surface area contributed by atoms with E-state index in [4.69, 9.17) is 20.2 Å². The summed E-state index contributed by atoms with van der Waals surface area (Å²) < 4.78 is 10.8. The minimum atomic E-state index is -0.139. The summed E-state index contributed by atoms with van der Waals surface area (Å²) >= 11 is 1.70. The smallest absolute Gasteiger partial charge is 0.253 e. The Kier molecular flexibility index (Phi) is 13.3. The standard InChI is InChI=1S/C39H49N7O4S/c1-41-34-10-7-31(38(47)42-16-22-50-24-23-49-21-15-40)26-36(34)51-27-45-17-11-28(12-18-45)29-13-19-46(20-14-29)39(48)32-8-9-33-35(25-32)44-37(43-33)30-5-3-2-4-6-30/h2-10,25-26,28-29H,1,11-24,27,40H2,(H,42,47)(H,43,44). The SMILES string of the molecule is C=Nc1ccc(C(=O)NCCOCCOCCN)cc1SCN1CCC(C2CCN(C(=O)c3ccc4nc(-c5ccccc5)[nH]c4c3)CC2)CC1. The summed E-state index contributed by atoms with van der Waals surface area (Å²) in [5.74, 6) is 2.94. The minimum absolute atomic E-state index is 0.0993. The molecule has 3 heterocycles. The predicted molar refractivity (Wildman–Crippen MR) is 204 cm³/mol. The average molecular weight is 712 g/mol. The van der Waals surface area contributed by atoms with E-state index in [1.807, 2.05) is 65.6 Å². The molecular weight excluding hydrogens is 663 g/mol. The van der Waals surface area contributed by atoms with Crippen molar-refractivity contribution in [3.63, 3.8) is 0 Å². The third-order valence-corrected chi connectivity index (χ3v) is 11.0. The molecule has 0 bridgehead atoms. The van der Waals surface area contributed by atoms with Crippen LogP contribution < -0.4 is 11.1 Å². The Morgan fingerprint density at radius 3 is 2.33 bits per heavy atom. The Hall–Kier alpha value is -4.07. The fourth-order valence-corrected chi connectivity index (χ4v) is 8.06. The van der Waals surface area contributed by atoms with Crippen molar-refractivity contribution in [1.29, 1.82) is 0 Å². The van der Waals surface area contributed by atoms with Crippen molar-refractivity contribution in [2.24, 2.45) is 22.6 Å². The van der Waals surface area contributed by atoms with Gasteiger partial charge in [0.1, 0.15) is 5.82 Å². The van der Waals surface area contributed by atoms with Crippen molar-refractivity contribution in [3.05, 3.63) is 77.9 Å². The molecule has 0 spiro atoms. The number of thioether (sulfide) groups is 1. The number of hydrogen-bond acceptors (Lipinski definition) is 9. The quantitative estimate of drug-likeness (QED) is 0.0777. The number of nitrogens with one attached hydrogen (secondary N) is 2. The summed E-state index contributed by atoms with van der Waals surface area (Å²) in [6, 6.07) is 21.4. The maximum Gasteiger partial charge on any atom is 0.253 e. The van der Waals surface area contributed by atoms with Crippen LogP contribution in [0.5, 0.6) is 0 Å². The zero-order valence-corrected chi connectivity index (χ0v) is 30.0. The van der Waals surface area contributed by atoms with Gasteiger partial charge in [-0.1, -0.05) is 30.3 Å². The molecule has 1 aromatic heterocycles. The number of nitrogens with two attached hydrogens (primary N) is 1. The van der Waals surface area contributed by atoms with Crippen molar-refractivity contribution in [2.75, 3.05) is 71.6 Å². The highest BCUT2D eigenvalue weighted by Gasteiger charge is 2.31. The Labute approximate surface area is 304 Å². The van der Waals surface area contributed by atoms with Crippen LogP contribution >= 0.6 is 11.8 Å². The number of piperidine rings is 2. The number of rotatable bonds is 16. The van der Waals surface area contributed by atoms with Gasteiger partial charge in [0.25, 0.3) is 11.8 Å². The number of amides is 2. The number of fused-ring (bicyclic) bond motifs is 1.